The molecule has 0 heterocycles. The van der Waals surface area contributed by atoms with Gasteiger partial charge in [0.2, 0.25) is 0 Å². The Morgan fingerprint density at radius 1 is 1.36 bits per heavy atom. The van der Waals surface area contributed by atoms with E-state index < -0.39 is 0 Å². The van der Waals surface area contributed by atoms with Crippen molar-refractivity contribution in [3.63, 3.8) is 0 Å². The number of allylic oxidation sites excluding steroid dienone is 3. The molecule has 0 saturated heterocycles. The molecule has 0 aromatic carbocycles. The van der Waals surface area contributed by atoms with Crippen LogP contribution in [0.25, 0.3) is 0 Å². The van der Waals surface area contributed by atoms with Crippen LogP contribution in [0.5, 0.6) is 0 Å². The first-order valence-corrected chi connectivity index (χ1v) is 4.09. The summed E-state index contributed by atoms with van der Waals surface area (Å²) in [5, 5.41) is 0. The Balaban J connectivity index is 2.87. The van der Waals surface area contributed by atoms with Gasteiger partial charge in [0, 0.05) is 0 Å². The molecule has 2 unspecified atom stereocenters. The fraction of sp³-hybridized carbons (Fsp3) is 0.600. The number of methoxy groups -OCH3 is 1. The van der Waals surface area contributed by atoms with Gasteiger partial charge in [-0.2, -0.15) is 0 Å². The van der Waals surface area contributed by atoms with Crippen LogP contribution in [-0.4, -0.2) is 7.11 Å². The molecule has 0 aliphatic heterocycles. The van der Waals surface area contributed by atoms with Gasteiger partial charge in [0.05, 0.1) is 7.11 Å². The van der Waals surface area contributed by atoms with Crippen LogP contribution in [0.15, 0.2) is 23.5 Å². The van der Waals surface area contributed by atoms with E-state index in [0.29, 0.717) is 11.8 Å². The van der Waals surface area contributed by atoms with Crippen molar-refractivity contribution in [1.29, 1.82) is 0 Å². The highest BCUT2D eigenvalue weighted by atomic mass is 16.5. The van der Waals surface area contributed by atoms with E-state index in [4.69, 9.17) is 4.74 Å². The molecular formula is C10H16O. The first-order chi connectivity index (χ1) is 5.16. The van der Waals surface area contributed by atoms with Crippen molar-refractivity contribution in [2.75, 3.05) is 7.11 Å². The summed E-state index contributed by atoms with van der Waals surface area (Å²) < 4.78 is 5.21. The number of hydrogen-bond donors (Lipinski definition) is 0. The molecule has 0 aromatic heterocycles. The van der Waals surface area contributed by atoms with Crippen molar-refractivity contribution in [2.45, 2.75) is 20.8 Å². The van der Waals surface area contributed by atoms with Crippen molar-refractivity contribution in [1.82, 2.24) is 0 Å². The smallest absolute Gasteiger partial charge is 0.117 e. The summed E-state index contributed by atoms with van der Waals surface area (Å²) >= 11 is 0. The van der Waals surface area contributed by atoms with Gasteiger partial charge in [-0.25, -0.2) is 0 Å². The van der Waals surface area contributed by atoms with E-state index in [0.717, 1.165) is 5.76 Å². The molecular weight excluding hydrogens is 136 g/mol. The molecule has 0 aromatic rings. The summed E-state index contributed by atoms with van der Waals surface area (Å²) in [5.74, 6) is 2.31. The lowest BCUT2D eigenvalue weighted by molar-refractivity contribution is 0.289. The van der Waals surface area contributed by atoms with E-state index in [1.807, 2.05) is 0 Å². The molecule has 0 N–H and O–H groups in total. The monoisotopic (exact) mass is 152 g/mol. The SMILES string of the molecule is COC1=C(C)C(C)C(C)C=C1. The second-order valence-corrected chi connectivity index (χ2v) is 3.26. The fourth-order valence-electron chi connectivity index (χ4n) is 1.39. The van der Waals surface area contributed by atoms with Gasteiger partial charge in [0.15, 0.2) is 0 Å². The van der Waals surface area contributed by atoms with Crippen LogP contribution in [0.3, 0.4) is 0 Å². The lowest BCUT2D eigenvalue weighted by atomic mass is 9.85. The van der Waals surface area contributed by atoms with Gasteiger partial charge in [-0.3, -0.25) is 0 Å². The molecule has 62 valence electrons. The van der Waals surface area contributed by atoms with E-state index in [-0.39, 0.29) is 0 Å². The molecule has 0 saturated carbocycles. The third-order valence-corrected chi connectivity index (χ3v) is 2.63. The molecule has 1 aliphatic rings. The maximum atomic E-state index is 5.21. The van der Waals surface area contributed by atoms with Crippen LogP contribution in [0.2, 0.25) is 0 Å². The van der Waals surface area contributed by atoms with E-state index in [1.54, 1.807) is 7.11 Å². The Morgan fingerprint density at radius 2 is 2.00 bits per heavy atom. The molecule has 1 aliphatic carbocycles. The Labute approximate surface area is 68.8 Å². The molecule has 1 nitrogen and oxygen atoms in total. The first-order valence-electron chi connectivity index (χ1n) is 4.09. The summed E-state index contributed by atoms with van der Waals surface area (Å²) in [7, 11) is 1.73. The summed E-state index contributed by atoms with van der Waals surface area (Å²) in [5.41, 5.74) is 1.36. The molecule has 2 atom stereocenters. The molecule has 0 fully saturated rings. The van der Waals surface area contributed by atoms with Gasteiger partial charge in [0.1, 0.15) is 5.76 Å². The summed E-state index contributed by atoms with van der Waals surface area (Å²) in [6.45, 7) is 6.61. The van der Waals surface area contributed by atoms with Crippen LogP contribution in [-0.2, 0) is 4.74 Å². The van der Waals surface area contributed by atoms with Crippen LogP contribution in [0.4, 0.5) is 0 Å². The van der Waals surface area contributed by atoms with E-state index >= 15 is 0 Å². The Bertz CT molecular complexity index is 201. The van der Waals surface area contributed by atoms with E-state index in [1.165, 1.54) is 5.57 Å². The highest BCUT2D eigenvalue weighted by Crippen LogP contribution is 2.28. The second kappa shape index (κ2) is 3.12. The molecule has 0 bridgehead atoms. The van der Waals surface area contributed by atoms with Crippen molar-refractivity contribution in [3.8, 4) is 0 Å². The Kier molecular flexibility index (Phi) is 2.38. The fourth-order valence-corrected chi connectivity index (χ4v) is 1.39. The van der Waals surface area contributed by atoms with Crippen molar-refractivity contribution < 1.29 is 4.74 Å². The molecule has 1 rings (SSSR count). The van der Waals surface area contributed by atoms with Crippen LogP contribution < -0.4 is 0 Å². The second-order valence-electron chi connectivity index (χ2n) is 3.26. The Morgan fingerprint density at radius 3 is 2.55 bits per heavy atom. The molecule has 0 amide bonds. The summed E-state index contributed by atoms with van der Waals surface area (Å²) in [6.07, 6.45) is 4.27. The van der Waals surface area contributed by atoms with Crippen molar-refractivity contribution in [2.24, 2.45) is 11.8 Å². The highest BCUT2D eigenvalue weighted by Gasteiger charge is 2.18. The average Bonchev–Trinajstić information content (AvgIpc) is 2.01. The maximum absolute atomic E-state index is 5.21. The minimum absolute atomic E-state index is 0.620. The number of hydrogen-bond acceptors (Lipinski definition) is 1. The molecule has 1 heteroatoms. The molecule has 0 radical (unpaired) electrons. The van der Waals surface area contributed by atoms with Gasteiger partial charge < -0.3 is 4.74 Å². The minimum atomic E-state index is 0.620. The van der Waals surface area contributed by atoms with Crippen LogP contribution >= 0.6 is 0 Å². The lowest BCUT2D eigenvalue weighted by Crippen LogP contribution is -2.12. The number of rotatable bonds is 1. The zero-order valence-electron chi connectivity index (χ0n) is 7.72. The van der Waals surface area contributed by atoms with Gasteiger partial charge in [-0.05, 0) is 30.4 Å². The van der Waals surface area contributed by atoms with Gasteiger partial charge in [-0.1, -0.05) is 19.9 Å². The summed E-state index contributed by atoms with van der Waals surface area (Å²) in [6, 6.07) is 0. The minimum Gasteiger partial charge on any atom is -0.497 e. The van der Waals surface area contributed by atoms with E-state index in [2.05, 4.69) is 32.9 Å². The third kappa shape index (κ3) is 1.47. The average molecular weight is 152 g/mol. The summed E-state index contributed by atoms with van der Waals surface area (Å²) in [4.78, 5) is 0. The predicted octanol–water partition coefficient (Wildman–Crippen LogP) is 2.75. The predicted molar refractivity (Wildman–Crippen MR) is 47.2 cm³/mol. The van der Waals surface area contributed by atoms with E-state index in [9.17, 15) is 0 Å². The topological polar surface area (TPSA) is 9.23 Å². The Hall–Kier alpha value is -0.720. The van der Waals surface area contributed by atoms with Gasteiger partial charge in [0.25, 0.3) is 0 Å². The largest absolute Gasteiger partial charge is 0.497 e. The zero-order chi connectivity index (χ0) is 8.43. The molecule has 11 heavy (non-hydrogen) atoms. The third-order valence-electron chi connectivity index (χ3n) is 2.63. The van der Waals surface area contributed by atoms with Gasteiger partial charge in [-0.15, -0.1) is 0 Å². The van der Waals surface area contributed by atoms with Crippen molar-refractivity contribution in [3.05, 3.63) is 23.5 Å². The van der Waals surface area contributed by atoms with Gasteiger partial charge >= 0.3 is 0 Å². The highest BCUT2D eigenvalue weighted by molar-refractivity contribution is 5.26. The van der Waals surface area contributed by atoms with Crippen LogP contribution in [0.1, 0.15) is 20.8 Å². The van der Waals surface area contributed by atoms with Crippen LogP contribution in [0, 0.1) is 11.8 Å². The zero-order valence-corrected chi connectivity index (χ0v) is 7.72. The quantitative estimate of drug-likeness (QED) is 0.561. The molecule has 0 spiro atoms. The van der Waals surface area contributed by atoms with Crippen molar-refractivity contribution >= 4 is 0 Å². The normalized spacial score (nSPS) is 30.9. The lowest BCUT2D eigenvalue weighted by Gasteiger charge is -2.23. The number of ether oxygens (including phenoxy) is 1. The first kappa shape index (κ1) is 8.38. The standard InChI is InChI=1S/C10H16O/c1-7-5-6-10(11-4)9(3)8(7)2/h5-8H,1-4H3. The maximum Gasteiger partial charge on any atom is 0.117 e.